The predicted molar refractivity (Wildman–Crippen MR) is 115 cm³/mol. The van der Waals surface area contributed by atoms with Gasteiger partial charge >= 0.3 is 0 Å². The topological polar surface area (TPSA) is 78.2 Å². The Hall–Kier alpha value is -3.13. The number of hydrogen-bond donors (Lipinski definition) is 1. The van der Waals surface area contributed by atoms with Gasteiger partial charge in [-0.15, -0.1) is 11.3 Å². The van der Waals surface area contributed by atoms with Gasteiger partial charge < -0.3 is 14.6 Å². The smallest absolute Gasteiger partial charge is 0.291 e. The third-order valence-corrected chi connectivity index (χ3v) is 6.01. The fourth-order valence-electron chi connectivity index (χ4n) is 3.60. The van der Waals surface area contributed by atoms with Crippen LogP contribution in [0.25, 0.3) is 21.1 Å². The minimum Gasteiger partial charge on any atom is -0.496 e. The van der Waals surface area contributed by atoms with Gasteiger partial charge in [0.15, 0.2) is 0 Å². The van der Waals surface area contributed by atoms with E-state index in [1.54, 1.807) is 24.6 Å². The number of carbonyl (C=O) groups excluding carboxylic acids is 1. The lowest BCUT2D eigenvalue weighted by molar-refractivity contribution is -0.122. The minimum absolute atomic E-state index is 0.133. The first-order valence-corrected chi connectivity index (χ1v) is 10.2. The molecule has 0 aliphatic heterocycles. The number of methoxy groups -OCH3 is 1. The van der Waals surface area contributed by atoms with Crippen molar-refractivity contribution in [3.8, 4) is 5.75 Å². The molecule has 0 aliphatic rings. The van der Waals surface area contributed by atoms with E-state index in [9.17, 15) is 9.59 Å². The van der Waals surface area contributed by atoms with Gasteiger partial charge in [0.25, 0.3) is 5.56 Å². The van der Waals surface area contributed by atoms with Gasteiger partial charge in [-0.3, -0.25) is 9.59 Å². The molecule has 1 aromatic carbocycles. The van der Waals surface area contributed by atoms with E-state index in [2.05, 4.69) is 23.4 Å². The third-order valence-electron chi connectivity index (χ3n) is 4.94. The Bertz CT molecular complexity index is 1270. The van der Waals surface area contributed by atoms with Crippen LogP contribution in [-0.2, 0) is 24.4 Å². The second kappa shape index (κ2) is 7.71. The molecule has 0 bridgehead atoms. The number of thiophene rings is 1. The van der Waals surface area contributed by atoms with Gasteiger partial charge in [0, 0.05) is 28.9 Å². The molecule has 7 nitrogen and oxygen atoms in total. The van der Waals surface area contributed by atoms with E-state index in [1.807, 2.05) is 35.8 Å². The second-order valence-corrected chi connectivity index (χ2v) is 8.03. The highest BCUT2D eigenvalue weighted by Gasteiger charge is 2.18. The van der Waals surface area contributed by atoms with Crippen molar-refractivity contribution in [1.82, 2.24) is 19.7 Å². The average Bonchev–Trinajstić information content (AvgIpc) is 3.23. The number of hydrogen-bond acceptors (Lipinski definition) is 5. The van der Waals surface area contributed by atoms with Crippen molar-refractivity contribution in [3.63, 3.8) is 0 Å². The van der Waals surface area contributed by atoms with Gasteiger partial charge in [-0.1, -0.05) is 18.2 Å². The number of aryl methyl sites for hydroxylation is 2. The number of rotatable bonds is 6. The molecule has 29 heavy (non-hydrogen) atoms. The zero-order valence-corrected chi connectivity index (χ0v) is 17.4. The normalized spacial score (nSPS) is 11.3. The number of nitrogens with one attached hydrogen (secondary N) is 1. The van der Waals surface area contributed by atoms with Gasteiger partial charge in [-0.2, -0.15) is 5.10 Å². The number of nitrogens with zero attached hydrogens (tertiary/aromatic N) is 3. The Kier molecular flexibility index (Phi) is 5.10. The van der Waals surface area contributed by atoms with Crippen LogP contribution in [-0.4, -0.2) is 27.4 Å². The summed E-state index contributed by atoms with van der Waals surface area (Å²) in [5, 5.41) is 7.93. The summed E-state index contributed by atoms with van der Waals surface area (Å²) in [6.45, 7) is 4.92. The molecule has 1 N–H and O–H groups in total. The monoisotopic (exact) mass is 410 g/mol. The SMILES string of the molecule is CCn1c2cc(C)sc2c2cnn(CC(=O)NCc3ccccc3OC)c(=O)c21. The van der Waals surface area contributed by atoms with Crippen LogP contribution in [0.15, 0.2) is 41.3 Å². The first kappa shape index (κ1) is 19.2. The summed E-state index contributed by atoms with van der Waals surface area (Å²) in [5.74, 6) is 0.428. The minimum atomic E-state index is -0.280. The lowest BCUT2D eigenvalue weighted by Crippen LogP contribution is -2.33. The Morgan fingerprint density at radius 1 is 1.31 bits per heavy atom. The van der Waals surface area contributed by atoms with Gasteiger partial charge in [-0.05, 0) is 26.0 Å². The first-order valence-electron chi connectivity index (χ1n) is 9.40. The maximum absolute atomic E-state index is 13.1. The molecule has 0 saturated carbocycles. The second-order valence-electron chi connectivity index (χ2n) is 6.77. The quantitative estimate of drug-likeness (QED) is 0.530. The lowest BCUT2D eigenvalue weighted by atomic mass is 10.2. The molecule has 4 aromatic rings. The van der Waals surface area contributed by atoms with Crippen LogP contribution in [0.3, 0.4) is 0 Å². The number of fused-ring (bicyclic) bond motifs is 3. The fourth-order valence-corrected chi connectivity index (χ4v) is 4.62. The highest BCUT2D eigenvalue weighted by Crippen LogP contribution is 2.33. The summed E-state index contributed by atoms with van der Waals surface area (Å²) in [6.07, 6.45) is 1.69. The van der Waals surface area contributed by atoms with Crippen molar-refractivity contribution >= 4 is 38.4 Å². The maximum Gasteiger partial charge on any atom is 0.291 e. The Balaban J connectivity index is 1.60. The molecular formula is C21H22N4O3S. The van der Waals surface area contributed by atoms with Gasteiger partial charge in [0.2, 0.25) is 5.91 Å². The van der Waals surface area contributed by atoms with Crippen molar-refractivity contribution in [2.45, 2.75) is 33.5 Å². The number of benzene rings is 1. The van der Waals surface area contributed by atoms with Gasteiger partial charge in [0.05, 0.1) is 23.5 Å². The van der Waals surface area contributed by atoms with Crippen LogP contribution in [0.4, 0.5) is 0 Å². The molecule has 8 heteroatoms. The van der Waals surface area contributed by atoms with Crippen molar-refractivity contribution in [1.29, 1.82) is 0 Å². The van der Waals surface area contributed by atoms with E-state index in [-0.39, 0.29) is 18.0 Å². The summed E-state index contributed by atoms with van der Waals surface area (Å²) in [6, 6.07) is 9.58. The highest BCUT2D eigenvalue weighted by atomic mass is 32.1. The predicted octanol–water partition coefficient (Wildman–Crippen LogP) is 3.07. The molecule has 1 amide bonds. The summed E-state index contributed by atoms with van der Waals surface area (Å²) in [5.41, 5.74) is 2.26. The molecule has 0 unspecified atom stereocenters. The van der Waals surface area contributed by atoms with E-state index in [4.69, 9.17) is 4.74 Å². The number of para-hydroxylation sites is 1. The van der Waals surface area contributed by atoms with Crippen molar-refractivity contribution in [2.75, 3.05) is 7.11 Å². The summed E-state index contributed by atoms with van der Waals surface area (Å²) < 4.78 is 9.59. The van der Waals surface area contributed by atoms with E-state index in [1.165, 1.54) is 9.56 Å². The Morgan fingerprint density at radius 2 is 2.10 bits per heavy atom. The number of aromatic nitrogens is 3. The number of amides is 1. The third kappa shape index (κ3) is 3.40. The standard InChI is InChI=1S/C21H22N4O3S/c1-4-24-16-9-13(2)29-20(16)15-11-23-25(21(27)19(15)24)12-18(26)22-10-14-7-5-6-8-17(14)28-3/h5-9,11H,4,10,12H2,1-3H3,(H,22,26). The van der Waals surface area contributed by atoms with Gasteiger partial charge in [-0.25, -0.2) is 4.68 Å². The molecule has 0 fully saturated rings. The van der Waals surface area contributed by atoms with E-state index >= 15 is 0 Å². The zero-order chi connectivity index (χ0) is 20.5. The van der Waals surface area contributed by atoms with Crippen molar-refractivity contribution in [3.05, 3.63) is 57.3 Å². The van der Waals surface area contributed by atoms with Gasteiger partial charge in [0.1, 0.15) is 17.8 Å². The Morgan fingerprint density at radius 3 is 2.86 bits per heavy atom. The number of ether oxygens (including phenoxy) is 1. The largest absolute Gasteiger partial charge is 0.496 e. The molecule has 3 heterocycles. The lowest BCUT2D eigenvalue weighted by Gasteiger charge is -2.10. The van der Waals surface area contributed by atoms with Crippen molar-refractivity contribution < 1.29 is 9.53 Å². The van der Waals surface area contributed by atoms with E-state index in [0.717, 1.165) is 21.2 Å². The van der Waals surface area contributed by atoms with Crippen LogP contribution >= 0.6 is 11.3 Å². The summed E-state index contributed by atoms with van der Waals surface area (Å²) in [4.78, 5) is 26.7. The molecule has 4 rings (SSSR count). The molecule has 150 valence electrons. The van der Waals surface area contributed by atoms with Crippen LogP contribution in [0, 0.1) is 6.92 Å². The highest BCUT2D eigenvalue weighted by molar-refractivity contribution is 7.20. The van der Waals surface area contributed by atoms with Crippen LogP contribution in [0.2, 0.25) is 0 Å². The first-order chi connectivity index (χ1) is 14.0. The maximum atomic E-state index is 13.1. The van der Waals surface area contributed by atoms with Crippen LogP contribution < -0.4 is 15.6 Å². The number of carbonyl (C=O) groups is 1. The zero-order valence-electron chi connectivity index (χ0n) is 16.6. The van der Waals surface area contributed by atoms with E-state index < -0.39 is 0 Å². The summed E-state index contributed by atoms with van der Waals surface area (Å²) in [7, 11) is 1.59. The molecule has 0 radical (unpaired) electrons. The average molecular weight is 410 g/mol. The molecule has 0 aliphatic carbocycles. The summed E-state index contributed by atoms with van der Waals surface area (Å²) >= 11 is 1.66. The van der Waals surface area contributed by atoms with Crippen molar-refractivity contribution in [2.24, 2.45) is 0 Å². The van der Waals surface area contributed by atoms with E-state index in [0.29, 0.717) is 24.4 Å². The Labute approximate surface area is 171 Å². The molecule has 0 atom stereocenters. The van der Waals surface area contributed by atoms with Crippen LogP contribution in [0.5, 0.6) is 5.75 Å². The molecule has 0 saturated heterocycles. The van der Waals surface area contributed by atoms with Crippen LogP contribution in [0.1, 0.15) is 17.4 Å². The molecular weight excluding hydrogens is 388 g/mol. The molecule has 3 aromatic heterocycles. The molecule has 0 spiro atoms. The fraction of sp³-hybridized carbons (Fsp3) is 0.286.